The highest BCUT2D eigenvalue weighted by molar-refractivity contribution is 5.98. The molecular formula is C24H21FN2O5. The Morgan fingerprint density at radius 3 is 2.75 bits per heavy atom. The standard InChI is InChI=1S/C24H21FN2O5/c1-14-5-7-16(13-18(14)25)24(9-11-32-19-4-3-10-26-21(19)24)27-22(28)15-6-8-17(23(29)30)20(12-15)31-2/h3-8,10,12-13H,9,11H2,1-2H3,(H,27,28)(H,29,30)/t24-/m0/s1. The van der Waals surface area contributed by atoms with Gasteiger partial charge in [-0.15, -0.1) is 0 Å². The lowest BCUT2D eigenvalue weighted by atomic mass is 9.80. The fourth-order valence-corrected chi connectivity index (χ4v) is 3.87. The monoisotopic (exact) mass is 436 g/mol. The molecule has 8 heteroatoms. The summed E-state index contributed by atoms with van der Waals surface area (Å²) in [5.74, 6) is -1.49. The summed E-state index contributed by atoms with van der Waals surface area (Å²) in [6, 6.07) is 12.4. The van der Waals surface area contributed by atoms with Crippen LogP contribution in [-0.2, 0) is 5.54 Å². The Bertz CT molecular complexity index is 1210. The van der Waals surface area contributed by atoms with Gasteiger partial charge in [0.15, 0.2) is 0 Å². The maximum atomic E-state index is 14.5. The van der Waals surface area contributed by atoms with Crippen LogP contribution in [0.25, 0.3) is 0 Å². The molecule has 1 aromatic heterocycles. The van der Waals surface area contributed by atoms with Crippen LogP contribution in [0.4, 0.5) is 4.39 Å². The number of benzene rings is 2. The van der Waals surface area contributed by atoms with Gasteiger partial charge in [0.05, 0.1) is 13.7 Å². The van der Waals surface area contributed by atoms with Gasteiger partial charge in [-0.3, -0.25) is 9.78 Å². The molecule has 0 saturated heterocycles. The summed E-state index contributed by atoms with van der Waals surface area (Å²) in [4.78, 5) is 29.2. The van der Waals surface area contributed by atoms with Crippen molar-refractivity contribution < 1.29 is 28.6 Å². The van der Waals surface area contributed by atoms with Crippen molar-refractivity contribution in [3.63, 3.8) is 0 Å². The van der Waals surface area contributed by atoms with Crippen molar-refractivity contribution >= 4 is 11.9 Å². The van der Waals surface area contributed by atoms with Crippen molar-refractivity contribution in [2.45, 2.75) is 18.9 Å². The molecule has 0 fully saturated rings. The molecule has 0 spiro atoms. The highest BCUT2D eigenvalue weighted by Gasteiger charge is 2.43. The van der Waals surface area contributed by atoms with E-state index in [0.717, 1.165) is 0 Å². The van der Waals surface area contributed by atoms with Gasteiger partial charge in [-0.1, -0.05) is 12.1 Å². The fraction of sp³-hybridized carbons (Fsp3) is 0.208. The summed E-state index contributed by atoms with van der Waals surface area (Å²) < 4.78 is 25.4. The zero-order chi connectivity index (χ0) is 22.9. The van der Waals surface area contributed by atoms with E-state index in [1.54, 1.807) is 37.4 Å². The van der Waals surface area contributed by atoms with Gasteiger partial charge in [-0.05, 0) is 54.4 Å². The van der Waals surface area contributed by atoms with Crippen LogP contribution in [0.15, 0.2) is 54.7 Å². The largest absolute Gasteiger partial charge is 0.496 e. The van der Waals surface area contributed by atoms with E-state index in [1.165, 1.54) is 31.4 Å². The number of hydrogen-bond donors (Lipinski definition) is 2. The normalized spacial score (nSPS) is 17.1. The number of halogens is 1. The number of aromatic carboxylic acids is 1. The predicted octanol–water partition coefficient (Wildman–Crippen LogP) is 3.69. The molecule has 32 heavy (non-hydrogen) atoms. The molecule has 1 amide bonds. The number of nitrogens with zero attached hydrogens (tertiary/aromatic N) is 1. The quantitative estimate of drug-likeness (QED) is 0.633. The topological polar surface area (TPSA) is 97.8 Å². The molecule has 0 saturated carbocycles. The molecule has 4 rings (SSSR count). The minimum atomic E-state index is -1.16. The number of aryl methyl sites for hydroxylation is 1. The molecule has 0 unspecified atom stereocenters. The number of pyridine rings is 1. The van der Waals surface area contributed by atoms with Gasteiger partial charge in [0.2, 0.25) is 0 Å². The first-order valence-electron chi connectivity index (χ1n) is 9.94. The number of carboxylic acids is 1. The second kappa shape index (κ2) is 8.30. The molecule has 3 aromatic rings. The van der Waals surface area contributed by atoms with Crippen LogP contribution in [-0.4, -0.2) is 35.7 Å². The van der Waals surface area contributed by atoms with Crippen LogP contribution in [0.5, 0.6) is 11.5 Å². The number of hydrogen-bond acceptors (Lipinski definition) is 5. The van der Waals surface area contributed by atoms with Gasteiger partial charge < -0.3 is 19.9 Å². The third kappa shape index (κ3) is 3.64. The Morgan fingerprint density at radius 1 is 1.22 bits per heavy atom. The van der Waals surface area contributed by atoms with Gasteiger partial charge in [-0.2, -0.15) is 0 Å². The van der Waals surface area contributed by atoms with E-state index in [9.17, 15) is 19.1 Å². The van der Waals surface area contributed by atoms with E-state index < -0.39 is 23.2 Å². The van der Waals surface area contributed by atoms with Crippen molar-refractivity contribution in [3.8, 4) is 11.5 Å². The van der Waals surface area contributed by atoms with Crippen molar-refractivity contribution in [1.29, 1.82) is 0 Å². The lowest BCUT2D eigenvalue weighted by Crippen LogP contribution is -2.50. The van der Waals surface area contributed by atoms with E-state index in [0.29, 0.717) is 29.0 Å². The number of aromatic nitrogens is 1. The molecular weight excluding hydrogens is 415 g/mol. The van der Waals surface area contributed by atoms with E-state index >= 15 is 0 Å². The van der Waals surface area contributed by atoms with Gasteiger partial charge in [0.1, 0.15) is 34.1 Å². The molecule has 7 nitrogen and oxygen atoms in total. The predicted molar refractivity (Wildman–Crippen MR) is 114 cm³/mol. The number of amides is 1. The van der Waals surface area contributed by atoms with Crippen LogP contribution >= 0.6 is 0 Å². The minimum absolute atomic E-state index is 0.0579. The molecule has 0 radical (unpaired) electrons. The second-order valence-electron chi connectivity index (χ2n) is 7.49. The molecule has 0 bridgehead atoms. The van der Waals surface area contributed by atoms with Gasteiger partial charge in [0, 0.05) is 18.2 Å². The lowest BCUT2D eigenvalue weighted by Gasteiger charge is -2.39. The number of carbonyl (C=O) groups excluding carboxylic acids is 1. The SMILES string of the molecule is COc1cc(C(=O)N[C@]2(c3ccc(C)c(F)c3)CCOc3cccnc32)ccc1C(=O)O. The Morgan fingerprint density at radius 2 is 2.03 bits per heavy atom. The number of carbonyl (C=O) groups is 2. The number of rotatable bonds is 5. The van der Waals surface area contributed by atoms with Crippen LogP contribution in [0.1, 0.15) is 44.0 Å². The van der Waals surface area contributed by atoms with E-state index in [2.05, 4.69) is 10.3 Å². The first kappa shape index (κ1) is 21.3. The number of fused-ring (bicyclic) bond motifs is 1. The maximum absolute atomic E-state index is 14.5. The summed E-state index contributed by atoms with van der Waals surface area (Å²) in [5.41, 5.74) is 0.486. The average Bonchev–Trinajstić information content (AvgIpc) is 2.80. The minimum Gasteiger partial charge on any atom is -0.496 e. The third-order valence-corrected chi connectivity index (χ3v) is 5.60. The smallest absolute Gasteiger partial charge is 0.339 e. The molecule has 164 valence electrons. The van der Waals surface area contributed by atoms with Crippen LogP contribution < -0.4 is 14.8 Å². The maximum Gasteiger partial charge on any atom is 0.339 e. The zero-order valence-corrected chi connectivity index (χ0v) is 17.5. The second-order valence-corrected chi connectivity index (χ2v) is 7.49. The number of ether oxygens (including phenoxy) is 2. The highest BCUT2D eigenvalue weighted by atomic mass is 19.1. The molecule has 1 aliphatic heterocycles. The molecule has 2 aromatic carbocycles. The summed E-state index contributed by atoms with van der Waals surface area (Å²) in [6.45, 7) is 1.95. The average molecular weight is 436 g/mol. The summed E-state index contributed by atoms with van der Waals surface area (Å²) >= 11 is 0. The van der Waals surface area contributed by atoms with Crippen molar-refractivity contribution in [2.24, 2.45) is 0 Å². The third-order valence-electron chi connectivity index (χ3n) is 5.60. The Kier molecular flexibility index (Phi) is 5.52. The summed E-state index contributed by atoms with van der Waals surface area (Å²) in [6.07, 6.45) is 1.92. The van der Waals surface area contributed by atoms with Crippen LogP contribution in [0.2, 0.25) is 0 Å². The number of nitrogens with one attached hydrogen (secondary N) is 1. The molecule has 1 aliphatic rings. The first-order chi connectivity index (χ1) is 15.4. The van der Waals surface area contributed by atoms with Gasteiger partial charge in [0.25, 0.3) is 5.91 Å². The highest BCUT2D eigenvalue weighted by Crippen LogP contribution is 2.41. The number of methoxy groups -OCH3 is 1. The summed E-state index contributed by atoms with van der Waals surface area (Å²) in [7, 11) is 1.33. The lowest BCUT2D eigenvalue weighted by molar-refractivity contribution is 0.0692. The zero-order valence-electron chi connectivity index (χ0n) is 17.5. The van der Waals surface area contributed by atoms with Crippen molar-refractivity contribution in [2.75, 3.05) is 13.7 Å². The molecule has 1 atom stereocenters. The van der Waals surface area contributed by atoms with Crippen molar-refractivity contribution in [1.82, 2.24) is 10.3 Å². The van der Waals surface area contributed by atoms with Gasteiger partial charge in [-0.25, -0.2) is 9.18 Å². The van der Waals surface area contributed by atoms with E-state index in [-0.39, 0.29) is 23.5 Å². The Balaban J connectivity index is 1.82. The van der Waals surface area contributed by atoms with Crippen molar-refractivity contribution in [3.05, 3.63) is 88.5 Å². The van der Waals surface area contributed by atoms with E-state index in [4.69, 9.17) is 9.47 Å². The molecule has 0 aliphatic carbocycles. The van der Waals surface area contributed by atoms with Gasteiger partial charge >= 0.3 is 5.97 Å². The molecule has 2 N–H and O–H groups in total. The Labute approximate surface area is 183 Å². The van der Waals surface area contributed by atoms with Crippen LogP contribution in [0.3, 0.4) is 0 Å². The first-order valence-corrected chi connectivity index (χ1v) is 9.94. The number of carboxylic acid groups (broad SMARTS) is 1. The Hall–Kier alpha value is -3.94. The van der Waals surface area contributed by atoms with E-state index in [1.807, 2.05) is 0 Å². The fourth-order valence-electron chi connectivity index (χ4n) is 3.87. The molecule has 2 heterocycles. The summed E-state index contributed by atoms with van der Waals surface area (Å²) in [5, 5.41) is 12.3. The van der Waals surface area contributed by atoms with Crippen LogP contribution in [0, 0.1) is 12.7 Å².